The van der Waals surface area contributed by atoms with Gasteiger partial charge in [0.2, 0.25) is 0 Å². The number of hydrogen-bond donors (Lipinski definition) is 2. The highest BCUT2D eigenvalue weighted by molar-refractivity contribution is 5.74. The van der Waals surface area contributed by atoms with Crippen LogP contribution in [-0.2, 0) is 19.4 Å². The Hall–Kier alpha value is -2.83. The van der Waals surface area contributed by atoms with E-state index in [-0.39, 0.29) is 12.1 Å². The molecule has 4 heterocycles. The Morgan fingerprint density at radius 3 is 3.20 bits per heavy atom. The zero-order valence-corrected chi connectivity index (χ0v) is 14.3. The second kappa shape index (κ2) is 6.58. The van der Waals surface area contributed by atoms with Crippen molar-refractivity contribution in [3.63, 3.8) is 0 Å². The van der Waals surface area contributed by atoms with Crippen molar-refractivity contribution in [3.8, 4) is 0 Å². The van der Waals surface area contributed by atoms with E-state index in [1.165, 1.54) is 0 Å². The average Bonchev–Trinajstić information content (AvgIpc) is 3.21. The molecular formula is C18H22N6O. The Balaban J connectivity index is 1.27. The standard InChI is InChI=1S/C18H22N6O/c1-13-3-2-4-16-21-15(12-24(13)16)5-7-20-18(25)22-14-6-9-23-10-8-19-17(23)11-14/h2-4,8,10,12,14H,5-7,9,11H2,1H3,(H2,20,22,25). The Labute approximate surface area is 146 Å². The van der Waals surface area contributed by atoms with Crippen molar-refractivity contribution in [1.29, 1.82) is 0 Å². The van der Waals surface area contributed by atoms with Crippen molar-refractivity contribution in [1.82, 2.24) is 29.6 Å². The maximum absolute atomic E-state index is 12.1. The Morgan fingerprint density at radius 2 is 2.32 bits per heavy atom. The second-order valence-electron chi connectivity index (χ2n) is 6.50. The molecule has 2 amide bonds. The first-order chi connectivity index (χ1) is 12.2. The smallest absolute Gasteiger partial charge is 0.315 e. The fourth-order valence-electron chi connectivity index (χ4n) is 3.33. The van der Waals surface area contributed by atoms with E-state index in [2.05, 4.69) is 42.6 Å². The Bertz CT molecular complexity index is 896. The van der Waals surface area contributed by atoms with Gasteiger partial charge >= 0.3 is 6.03 Å². The number of pyridine rings is 1. The highest BCUT2D eigenvalue weighted by Gasteiger charge is 2.20. The van der Waals surface area contributed by atoms with E-state index in [1.807, 2.05) is 30.7 Å². The molecule has 4 rings (SSSR count). The highest BCUT2D eigenvalue weighted by Crippen LogP contribution is 2.13. The van der Waals surface area contributed by atoms with Crippen molar-refractivity contribution in [2.24, 2.45) is 0 Å². The third kappa shape index (κ3) is 3.35. The lowest BCUT2D eigenvalue weighted by molar-refractivity contribution is 0.234. The van der Waals surface area contributed by atoms with Crippen LogP contribution in [0.1, 0.15) is 23.6 Å². The lowest BCUT2D eigenvalue weighted by Gasteiger charge is -2.24. The Morgan fingerprint density at radius 1 is 1.40 bits per heavy atom. The second-order valence-corrected chi connectivity index (χ2v) is 6.50. The minimum Gasteiger partial charge on any atom is -0.338 e. The van der Waals surface area contributed by atoms with Crippen molar-refractivity contribution in [3.05, 3.63) is 54.0 Å². The van der Waals surface area contributed by atoms with Crippen LogP contribution in [-0.4, -0.2) is 37.6 Å². The lowest BCUT2D eigenvalue weighted by atomic mass is 10.1. The van der Waals surface area contributed by atoms with Crippen LogP contribution in [0.25, 0.3) is 5.65 Å². The largest absolute Gasteiger partial charge is 0.338 e. The molecule has 0 saturated heterocycles. The molecule has 0 aromatic carbocycles. The van der Waals surface area contributed by atoms with Crippen LogP contribution in [0.4, 0.5) is 4.79 Å². The van der Waals surface area contributed by atoms with Gasteiger partial charge in [0.05, 0.1) is 5.69 Å². The number of carbonyl (C=O) groups excluding carboxylic acids is 1. The van der Waals surface area contributed by atoms with Gasteiger partial charge in [-0.25, -0.2) is 14.8 Å². The number of amides is 2. The molecule has 0 radical (unpaired) electrons. The predicted molar refractivity (Wildman–Crippen MR) is 94.5 cm³/mol. The molecule has 1 aliphatic rings. The quantitative estimate of drug-likeness (QED) is 0.760. The summed E-state index contributed by atoms with van der Waals surface area (Å²) in [6.45, 7) is 3.52. The van der Waals surface area contributed by atoms with Gasteiger partial charge in [0.1, 0.15) is 11.5 Å². The van der Waals surface area contributed by atoms with E-state index in [0.29, 0.717) is 13.0 Å². The van der Waals surface area contributed by atoms with Crippen molar-refractivity contribution >= 4 is 11.7 Å². The van der Waals surface area contributed by atoms with Gasteiger partial charge in [-0.3, -0.25) is 0 Å². The van der Waals surface area contributed by atoms with Gasteiger partial charge in [0, 0.05) is 56.3 Å². The number of hydrogen-bond acceptors (Lipinski definition) is 3. The molecule has 1 atom stereocenters. The van der Waals surface area contributed by atoms with Crippen molar-refractivity contribution in [2.75, 3.05) is 6.54 Å². The van der Waals surface area contributed by atoms with Gasteiger partial charge in [0.15, 0.2) is 0 Å². The molecule has 0 spiro atoms. The van der Waals surface area contributed by atoms with Gasteiger partial charge in [-0.15, -0.1) is 0 Å². The molecule has 25 heavy (non-hydrogen) atoms. The molecule has 0 saturated carbocycles. The van der Waals surface area contributed by atoms with Crippen molar-refractivity contribution in [2.45, 2.75) is 38.8 Å². The Kier molecular flexibility index (Phi) is 4.13. The molecule has 1 unspecified atom stereocenters. The summed E-state index contributed by atoms with van der Waals surface area (Å²) in [5, 5.41) is 5.97. The topological polar surface area (TPSA) is 76.2 Å². The van der Waals surface area contributed by atoms with E-state index < -0.39 is 0 Å². The molecule has 7 heteroatoms. The summed E-state index contributed by atoms with van der Waals surface area (Å²) >= 11 is 0. The normalized spacial score (nSPS) is 16.6. The number of nitrogens with one attached hydrogen (secondary N) is 2. The summed E-state index contributed by atoms with van der Waals surface area (Å²) in [6, 6.07) is 6.07. The van der Waals surface area contributed by atoms with E-state index in [9.17, 15) is 4.79 Å². The minimum absolute atomic E-state index is 0.120. The molecule has 2 N–H and O–H groups in total. The summed E-state index contributed by atoms with van der Waals surface area (Å²) in [7, 11) is 0. The van der Waals surface area contributed by atoms with Gasteiger partial charge < -0.3 is 19.6 Å². The summed E-state index contributed by atoms with van der Waals surface area (Å²) in [5.41, 5.74) is 3.07. The van der Waals surface area contributed by atoms with Gasteiger partial charge in [-0.1, -0.05) is 6.07 Å². The zero-order valence-electron chi connectivity index (χ0n) is 14.3. The molecule has 7 nitrogen and oxygen atoms in total. The number of rotatable bonds is 4. The fraction of sp³-hybridized carbons (Fsp3) is 0.389. The highest BCUT2D eigenvalue weighted by atomic mass is 16.2. The number of aromatic nitrogens is 4. The molecule has 3 aromatic heterocycles. The van der Waals surface area contributed by atoms with Gasteiger partial charge in [-0.05, 0) is 25.5 Å². The minimum atomic E-state index is -0.120. The number of nitrogens with zero attached hydrogens (tertiary/aromatic N) is 4. The van der Waals surface area contributed by atoms with E-state index >= 15 is 0 Å². The number of aryl methyl sites for hydroxylation is 2. The van der Waals surface area contributed by atoms with E-state index in [1.54, 1.807) is 0 Å². The number of imidazole rings is 2. The van der Waals surface area contributed by atoms with Crippen LogP contribution < -0.4 is 10.6 Å². The summed E-state index contributed by atoms with van der Waals surface area (Å²) in [6.07, 6.45) is 8.26. The number of carbonyl (C=O) groups is 1. The molecule has 3 aromatic rings. The van der Waals surface area contributed by atoms with E-state index in [0.717, 1.165) is 42.2 Å². The molecule has 0 aliphatic carbocycles. The van der Waals surface area contributed by atoms with Crippen LogP contribution >= 0.6 is 0 Å². The van der Waals surface area contributed by atoms with Crippen LogP contribution in [0, 0.1) is 6.92 Å². The summed E-state index contributed by atoms with van der Waals surface area (Å²) in [4.78, 5) is 21.0. The van der Waals surface area contributed by atoms with Crippen LogP contribution in [0.3, 0.4) is 0 Å². The maximum atomic E-state index is 12.1. The predicted octanol–water partition coefficient (Wildman–Crippen LogP) is 1.70. The van der Waals surface area contributed by atoms with Gasteiger partial charge in [0.25, 0.3) is 0 Å². The molecule has 130 valence electrons. The monoisotopic (exact) mass is 338 g/mol. The summed E-state index contributed by atoms with van der Waals surface area (Å²) in [5.74, 6) is 1.04. The number of fused-ring (bicyclic) bond motifs is 2. The first-order valence-corrected chi connectivity index (χ1v) is 8.67. The van der Waals surface area contributed by atoms with Crippen LogP contribution in [0.2, 0.25) is 0 Å². The maximum Gasteiger partial charge on any atom is 0.315 e. The first-order valence-electron chi connectivity index (χ1n) is 8.67. The van der Waals surface area contributed by atoms with Crippen LogP contribution in [0.15, 0.2) is 36.8 Å². The SMILES string of the molecule is Cc1cccc2nc(CCNC(=O)NC3CCn4ccnc4C3)cn12. The van der Waals surface area contributed by atoms with Crippen molar-refractivity contribution < 1.29 is 4.79 Å². The fourth-order valence-corrected chi connectivity index (χ4v) is 3.33. The lowest BCUT2D eigenvalue weighted by Crippen LogP contribution is -2.45. The third-order valence-corrected chi connectivity index (χ3v) is 4.70. The van der Waals surface area contributed by atoms with E-state index in [4.69, 9.17) is 0 Å². The zero-order chi connectivity index (χ0) is 17.2. The third-order valence-electron chi connectivity index (χ3n) is 4.70. The summed E-state index contributed by atoms with van der Waals surface area (Å²) < 4.78 is 4.21. The number of urea groups is 1. The van der Waals surface area contributed by atoms with Crippen LogP contribution in [0.5, 0.6) is 0 Å². The first kappa shape index (κ1) is 15.7. The molecular weight excluding hydrogens is 316 g/mol. The molecule has 0 bridgehead atoms. The van der Waals surface area contributed by atoms with Gasteiger partial charge in [-0.2, -0.15) is 0 Å². The molecule has 0 fully saturated rings. The average molecular weight is 338 g/mol. The molecule has 1 aliphatic heterocycles.